The summed E-state index contributed by atoms with van der Waals surface area (Å²) in [4.78, 5) is 21.7. The minimum Gasteiger partial charge on any atom is -0.475 e. The normalized spacial score (nSPS) is 8.83. The Morgan fingerprint density at radius 3 is 1.44 bits per heavy atom. The molecule has 18 heavy (non-hydrogen) atoms. The zero-order valence-corrected chi connectivity index (χ0v) is 9.57. The number of alkyl halides is 3. The molecular formula is C8H10ClF3N4O2. The lowest BCUT2D eigenvalue weighted by atomic mass is 10.7. The van der Waals surface area contributed by atoms with Crippen molar-refractivity contribution in [3.63, 3.8) is 0 Å². The van der Waals surface area contributed by atoms with Crippen LogP contribution >= 0.6 is 12.4 Å². The molecule has 0 saturated heterocycles. The van der Waals surface area contributed by atoms with Crippen LogP contribution in [0.5, 0.6) is 0 Å². The van der Waals surface area contributed by atoms with E-state index in [-0.39, 0.29) is 12.4 Å². The van der Waals surface area contributed by atoms with Crippen LogP contribution in [0.1, 0.15) is 0 Å². The fraction of sp³-hybridized carbons (Fsp3) is 0.125. The van der Waals surface area contributed by atoms with Gasteiger partial charge in [-0.15, -0.1) is 12.4 Å². The number of rotatable bonds is 0. The number of hydrogen-bond acceptors (Lipinski definition) is 3. The van der Waals surface area contributed by atoms with Gasteiger partial charge in [-0.2, -0.15) is 13.2 Å². The molecule has 0 unspecified atom stereocenters. The molecule has 2 heterocycles. The summed E-state index contributed by atoms with van der Waals surface area (Å²) in [6.45, 7) is 0. The molecule has 3 N–H and O–H groups in total. The number of H-pyrrole nitrogens is 2. The first-order valence-corrected chi connectivity index (χ1v) is 4.10. The minimum atomic E-state index is -5.08. The van der Waals surface area contributed by atoms with E-state index in [0.717, 1.165) is 0 Å². The van der Waals surface area contributed by atoms with E-state index >= 15 is 0 Å². The van der Waals surface area contributed by atoms with Crippen LogP contribution in [0.2, 0.25) is 0 Å². The maximum Gasteiger partial charge on any atom is 0.490 e. The van der Waals surface area contributed by atoms with E-state index in [9.17, 15) is 13.2 Å². The van der Waals surface area contributed by atoms with Crippen molar-refractivity contribution in [1.82, 2.24) is 19.9 Å². The highest BCUT2D eigenvalue weighted by molar-refractivity contribution is 5.85. The molecular weight excluding hydrogens is 277 g/mol. The molecule has 10 heteroatoms. The van der Waals surface area contributed by atoms with Crippen LogP contribution in [0, 0.1) is 0 Å². The monoisotopic (exact) mass is 286 g/mol. The summed E-state index contributed by atoms with van der Waals surface area (Å²) in [6, 6.07) is 0. The third kappa shape index (κ3) is 12.0. The van der Waals surface area contributed by atoms with E-state index < -0.39 is 12.1 Å². The van der Waals surface area contributed by atoms with Gasteiger partial charge in [0.15, 0.2) is 0 Å². The van der Waals surface area contributed by atoms with Crippen molar-refractivity contribution in [3.05, 3.63) is 37.4 Å². The largest absolute Gasteiger partial charge is 0.490 e. The number of imidazole rings is 2. The molecule has 6 nitrogen and oxygen atoms in total. The number of halogens is 4. The third-order valence-electron chi connectivity index (χ3n) is 1.05. The number of aromatic nitrogens is 4. The van der Waals surface area contributed by atoms with Gasteiger partial charge in [0.25, 0.3) is 0 Å². The fourth-order valence-electron chi connectivity index (χ4n) is 0.430. The maximum absolute atomic E-state index is 10.6. The van der Waals surface area contributed by atoms with Gasteiger partial charge in [-0.1, -0.05) is 0 Å². The number of aliphatic carboxylic acids is 1. The van der Waals surface area contributed by atoms with E-state index in [1.807, 2.05) is 0 Å². The Bertz CT molecular complexity index is 317. The molecule has 0 atom stereocenters. The molecule has 102 valence electrons. The lowest BCUT2D eigenvalue weighted by Crippen LogP contribution is -2.21. The average molecular weight is 287 g/mol. The third-order valence-corrected chi connectivity index (χ3v) is 1.05. The van der Waals surface area contributed by atoms with Crippen LogP contribution in [0.4, 0.5) is 13.2 Å². The molecule has 0 aromatic carbocycles. The zero-order chi connectivity index (χ0) is 13.1. The summed E-state index contributed by atoms with van der Waals surface area (Å²) >= 11 is 0. The first kappa shape index (κ1) is 18.3. The number of aromatic amines is 2. The lowest BCUT2D eigenvalue weighted by molar-refractivity contribution is -0.192. The number of carboxylic acids is 1. The zero-order valence-electron chi connectivity index (χ0n) is 8.76. The van der Waals surface area contributed by atoms with Crippen molar-refractivity contribution in [2.24, 2.45) is 0 Å². The molecule has 0 spiro atoms. The molecule has 0 amide bonds. The molecule has 2 rings (SSSR count). The standard InChI is InChI=1S/2C3H4N2.C2HF3O2.ClH/c2*1-2-5-3-4-1;3-2(4,5)1(6)7;/h2*1-3H,(H,4,5);(H,6,7);1H. The van der Waals surface area contributed by atoms with E-state index in [4.69, 9.17) is 9.90 Å². The van der Waals surface area contributed by atoms with Crippen LogP contribution in [-0.4, -0.2) is 37.2 Å². The molecule has 0 aliphatic carbocycles. The van der Waals surface area contributed by atoms with Crippen LogP contribution in [0.3, 0.4) is 0 Å². The van der Waals surface area contributed by atoms with Gasteiger partial charge in [-0.05, 0) is 0 Å². The van der Waals surface area contributed by atoms with Crippen molar-refractivity contribution in [1.29, 1.82) is 0 Å². The summed E-state index contributed by atoms with van der Waals surface area (Å²) < 4.78 is 31.7. The molecule has 0 bridgehead atoms. The van der Waals surface area contributed by atoms with Gasteiger partial charge in [0.05, 0.1) is 12.7 Å². The maximum atomic E-state index is 10.6. The highest BCUT2D eigenvalue weighted by atomic mass is 35.5. The molecule has 0 aliphatic rings. The van der Waals surface area contributed by atoms with Crippen molar-refractivity contribution < 1.29 is 23.1 Å². The minimum absolute atomic E-state index is 0. The van der Waals surface area contributed by atoms with Crippen molar-refractivity contribution in [2.75, 3.05) is 0 Å². The predicted octanol–water partition coefficient (Wildman–Crippen LogP) is 1.87. The lowest BCUT2D eigenvalue weighted by Gasteiger charge is -1.93. The smallest absolute Gasteiger partial charge is 0.475 e. The highest BCUT2D eigenvalue weighted by Crippen LogP contribution is 2.13. The molecule has 0 radical (unpaired) electrons. The Kier molecular flexibility index (Phi) is 10.3. The molecule has 2 aromatic rings. The Labute approximate surface area is 106 Å². The van der Waals surface area contributed by atoms with Crippen LogP contribution < -0.4 is 0 Å². The van der Waals surface area contributed by atoms with Crippen LogP contribution in [-0.2, 0) is 4.79 Å². The van der Waals surface area contributed by atoms with Crippen LogP contribution in [0.15, 0.2) is 37.4 Å². The molecule has 0 aliphatic heterocycles. The number of carboxylic acid groups (broad SMARTS) is 1. The number of carbonyl (C=O) groups is 1. The van der Waals surface area contributed by atoms with Crippen molar-refractivity contribution in [2.45, 2.75) is 6.18 Å². The van der Waals surface area contributed by atoms with Gasteiger partial charge in [0, 0.05) is 24.8 Å². The van der Waals surface area contributed by atoms with Crippen molar-refractivity contribution >= 4 is 18.4 Å². The quantitative estimate of drug-likeness (QED) is 0.689. The fourth-order valence-corrected chi connectivity index (χ4v) is 0.430. The predicted molar refractivity (Wildman–Crippen MR) is 58.1 cm³/mol. The second kappa shape index (κ2) is 10.1. The van der Waals surface area contributed by atoms with Gasteiger partial charge < -0.3 is 15.1 Å². The topological polar surface area (TPSA) is 94.7 Å². The van der Waals surface area contributed by atoms with Crippen LogP contribution in [0.25, 0.3) is 0 Å². The Hall–Kier alpha value is -2.03. The summed E-state index contributed by atoms with van der Waals surface area (Å²) in [5.74, 6) is -2.76. The summed E-state index contributed by atoms with van der Waals surface area (Å²) in [5, 5.41) is 7.12. The van der Waals surface area contributed by atoms with Gasteiger partial charge in [-0.3, -0.25) is 0 Å². The first-order valence-electron chi connectivity index (χ1n) is 4.10. The first-order chi connectivity index (χ1) is 7.94. The molecule has 0 saturated carbocycles. The second-order valence-corrected chi connectivity index (χ2v) is 2.32. The van der Waals surface area contributed by atoms with Gasteiger partial charge in [-0.25, -0.2) is 14.8 Å². The SMILES string of the molecule is Cl.O=C(O)C(F)(F)F.c1c[nH]cn1.c1c[nH]cn1. The molecule has 2 aromatic heterocycles. The number of hydrogen-bond donors (Lipinski definition) is 3. The summed E-state index contributed by atoms with van der Waals surface area (Å²) in [6.07, 6.45) is 5.08. The number of nitrogens with one attached hydrogen (secondary N) is 2. The second-order valence-electron chi connectivity index (χ2n) is 2.32. The summed E-state index contributed by atoms with van der Waals surface area (Å²) in [7, 11) is 0. The van der Waals surface area contributed by atoms with Gasteiger partial charge >= 0.3 is 12.1 Å². The van der Waals surface area contributed by atoms with Crippen molar-refractivity contribution in [3.8, 4) is 0 Å². The average Bonchev–Trinajstić information content (AvgIpc) is 2.96. The van der Waals surface area contributed by atoms with Gasteiger partial charge in [0.2, 0.25) is 0 Å². The Balaban J connectivity index is 0. The summed E-state index contributed by atoms with van der Waals surface area (Å²) in [5.41, 5.74) is 0. The van der Waals surface area contributed by atoms with E-state index in [0.29, 0.717) is 0 Å². The van der Waals surface area contributed by atoms with Gasteiger partial charge in [0.1, 0.15) is 0 Å². The Morgan fingerprint density at radius 1 is 1.06 bits per heavy atom. The van der Waals surface area contributed by atoms with E-state index in [1.54, 1.807) is 37.4 Å². The van der Waals surface area contributed by atoms with E-state index in [1.165, 1.54) is 0 Å². The molecule has 0 fully saturated rings. The Morgan fingerprint density at radius 2 is 1.39 bits per heavy atom. The van der Waals surface area contributed by atoms with E-state index in [2.05, 4.69) is 19.9 Å². The number of nitrogens with zero attached hydrogens (tertiary/aromatic N) is 2. The highest BCUT2D eigenvalue weighted by Gasteiger charge is 2.38.